The summed E-state index contributed by atoms with van der Waals surface area (Å²) in [7, 11) is -10.1. The van der Waals surface area contributed by atoms with E-state index in [1.807, 2.05) is 26.1 Å². The molecule has 9 nitrogen and oxygen atoms in total. The maximum Gasteiger partial charge on any atom is 0.360 e. The molecule has 19 heavy (non-hydrogen) atoms. The molecule has 0 unspecified atom stereocenters. The van der Waals surface area contributed by atoms with Crippen LogP contribution in [-0.2, 0) is 14.5 Å². The Hall–Kier alpha value is -0.690. The Morgan fingerprint density at radius 3 is 2.00 bits per heavy atom. The minimum Gasteiger partial charge on any atom is -0.359 e. The van der Waals surface area contributed by atoms with Crippen LogP contribution < -0.4 is 5.32 Å². The average molecular weight is 314 g/mol. The van der Waals surface area contributed by atoms with E-state index in [1.165, 1.54) is 6.07 Å². The number of nitrogens with one attached hydrogen (secondary N) is 1. The first-order valence-corrected chi connectivity index (χ1v) is 8.52. The predicted molar refractivity (Wildman–Crippen MR) is 66.7 cm³/mol. The molecule has 0 aliphatic heterocycles. The van der Waals surface area contributed by atoms with Gasteiger partial charge in [0.2, 0.25) is 5.52 Å². The molecule has 0 amide bonds. The minimum absolute atomic E-state index is 0.151. The molecule has 0 aliphatic rings. The zero-order valence-electron chi connectivity index (χ0n) is 10.5. The van der Waals surface area contributed by atoms with Gasteiger partial charge in [-0.05, 0) is 0 Å². The number of hydrogen-bond donors (Lipinski definition) is 5. The van der Waals surface area contributed by atoms with Crippen LogP contribution >= 0.6 is 15.2 Å². The standard InChI is InChI=1S/C8H16N2O7P2/c1-8(2,3)5-4-6(10-17-5)9-7(18(11,12)13)19(14,15)16/h4,7H,1-3H3,(H,9,10)(H2,11,12,13)(H2,14,15,16). The summed E-state index contributed by atoms with van der Waals surface area (Å²) in [6, 6.07) is 1.33. The molecule has 0 aromatic carbocycles. The largest absolute Gasteiger partial charge is 0.360 e. The molecule has 5 N–H and O–H groups in total. The molecule has 11 heteroatoms. The highest BCUT2D eigenvalue weighted by molar-refractivity contribution is 7.71. The van der Waals surface area contributed by atoms with Gasteiger partial charge in [0, 0.05) is 11.5 Å². The second-order valence-corrected chi connectivity index (χ2v) is 8.82. The van der Waals surface area contributed by atoms with E-state index in [1.54, 1.807) is 0 Å². The van der Waals surface area contributed by atoms with E-state index in [4.69, 9.17) is 24.1 Å². The Morgan fingerprint density at radius 2 is 1.68 bits per heavy atom. The van der Waals surface area contributed by atoms with Gasteiger partial charge in [0.05, 0.1) is 0 Å². The van der Waals surface area contributed by atoms with Crippen molar-refractivity contribution in [3.8, 4) is 0 Å². The van der Waals surface area contributed by atoms with Gasteiger partial charge in [-0.15, -0.1) is 0 Å². The molecule has 0 bridgehead atoms. The van der Waals surface area contributed by atoms with Crippen molar-refractivity contribution >= 4 is 21.0 Å². The number of rotatable bonds is 4. The quantitative estimate of drug-likeness (QED) is 0.512. The van der Waals surface area contributed by atoms with Gasteiger partial charge < -0.3 is 29.4 Å². The van der Waals surface area contributed by atoms with Crippen LogP contribution in [0.3, 0.4) is 0 Å². The van der Waals surface area contributed by atoms with Gasteiger partial charge in [-0.25, -0.2) is 0 Å². The van der Waals surface area contributed by atoms with Crippen molar-refractivity contribution in [3.05, 3.63) is 11.8 Å². The van der Waals surface area contributed by atoms with Crippen molar-refractivity contribution in [1.82, 2.24) is 5.16 Å². The molecular formula is C8H16N2O7P2. The lowest BCUT2D eigenvalue weighted by Gasteiger charge is -2.19. The zero-order valence-corrected chi connectivity index (χ0v) is 12.3. The minimum atomic E-state index is -5.05. The van der Waals surface area contributed by atoms with Gasteiger partial charge in [0.1, 0.15) is 5.76 Å². The van der Waals surface area contributed by atoms with Crippen LogP contribution in [0.25, 0.3) is 0 Å². The second kappa shape index (κ2) is 5.01. The van der Waals surface area contributed by atoms with E-state index < -0.39 is 26.1 Å². The molecular weight excluding hydrogens is 298 g/mol. The van der Waals surface area contributed by atoms with Crippen LogP contribution in [0.15, 0.2) is 10.6 Å². The maximum absolute atomic E-state index is 11.1. The molecule has 1 aromatic rings. The average Bonchev–Trinajstić information content (AvgIpc) is 2.57. The Balaban J connectivity index is 3.03. The van der Waals surface area contributed by atoms with Crippen molar-refractivity contribution in [2.24, 2.45) is 0 Å². The third kappa shape index (κ3) is 4.42. The summed E-state index contributed by atoms with van der Waals surface area (Å²) in [5.41, 5.74) is -2.75. The second-order valence-electron chi connectivity index (χ2n) is 5.02. The smallest absolute Gasteiger partial charge is 0.359 e. The van der Waals surface area contributed by atoms with E-state index in [0.29, 0.717) is 5.76 Å². The molecule has 1 aromatic heterocycles. The number of nitrogens with zero attached hydrogens (tertiary/aromatic N) is 1. The first-order valence-electron chi connectivity index (χ1n) is 5.16. The highest BCUT2D eigenvalue weighted by atomic mass is 31.2. The summed E-state index contributed by atoms with van der Waals surface area (Å²) >= 11 is 0. The third-order valence-corrected chi connectivity index (χ3v) is 5.50. The molecule has 0 radical (unpaired) electrons. The topological polar surface area (TPSA) is 153 Å². The van der Waals surface area contributed by atoms with Crippen LogP contribution in [0, 0.1) is 0 Å². The Labute approximate surface area is 109 Å². The van der Waals surface area contributed by atoms with E-state index in [0.717, 1.165) is 0 Å². The van der Waals surface area contributed by atoms with Crippen molar-refractivity contribution < 1.29 is 33.2 Å². The van der Waals surface area contributed by atoms with E-state index in [-0.39, 0.29) is 5.82 Å². The first-order chi connectivity index (χ1) is 8.32. The molecule has 0 aliphatic carbocycles. The fourth-order valence-corrected chi connectivity index (χ4v) is 3.36. The predicted octanol–water partition coefficient (Wildman–Crippen LogP) is 1.02. The van der Waals surface area contributed by atoms with E-state index >= 15 is 0 Å². The molecule has 0 saturated heterocycles. The summed E-state index contributed by atoms with van der Waals surface area (Å²) in [5.74, 6) is 0.256. The molecule has 1 rings (SSSR count). The SMILES string of the molecule is CC(C)(C)c1cc(NC(P(=O)(O)O)P(=O)(O)O)no1. The summed E-state index contributed by atoms with van der Waals surface area (Å²) in [6.07, 6.45) is 0. The van der Waals surface area contributed by atoms with Crippen molar-refractivity contribution in [1.29, 1.82) is 0 Å². The van der Waals surface area contributed by atoms with Gasteiger partial charge in [-0.1, -0.05) is 25.9 Å². The molecule has 0 saturated carbocycles. The summed E-state index contributed by atoms with van der Waals surface area (Å²) < 4.78 is 27.1. The normalized spacial score (nSPS) is 13.9. The molecule has 110 valence electrons. The van der Waals surface area contributed by atoms with Crippen molar-refractivity contribution in [2.45, 2.75) is 31.7 Å². The number of aromatic nitrogens is 1. The fourth-order valence-electron chi connectivity index (χ4n) is 1.19. The molecule has 1 heterocycles. The molecule has 0 fully saturated rings. The van der Waals surface area contributed by atoms with Crippen LogP contribution in [0.2, 0.25) is 0 Å². The zero-order chi connectivity index (χ0) is 15.1. The highest BCUT2D eigenvalue weighted by Gasteiger charge is 2.44. The van der Waals surface area contributed by atoms with E-state index in [2.05, 4.69) is 5.16 Å². The lowest BCUT2D eigenvalue weighted by Crippen LogP contribution is -2.20. The van der Waals surface area contributed by atoms with Gasteiger partial charge in [-0.3, -0.25) is 9.13 Å². The lowest BCUT2D eigenvalue weighted by molar-refractivity contribution is 0.329. The van der Waals surface area contributed by atoms with E-state index in [9.17, 15) is 9.13 Å². The first kappa shape index (κ1) is 16.4. The van der Waals surface area contributed by atoms with Gasteiger partial charge in [0.15, 0.2) is 5.82 Å². The monoisotopic (exact) mass is 314 g/mol. The Kier molecular flexibility index (Phi) is 4.32. The molecule has 0 atom stereocenters. The third-order valence-electron chi connectivity index (χ3n) is 2.16. The van der Waals surface area contributed by atoms with Crippen molar-refractivity contribution in [3.63, 3.8) is 0 Å². The highest BCUT2D eigenvalue weighted by Crippen LogP contribution is 2.59. The van der Waals surface area contributed by atoms with Gasteiger partial charge in [-0.2, -0.15) is 0 Å². The Morgan fingerprint density at radius 1 is 1.21 bits per heavy atom. The van der Waals surface area contributed by atoms with Gasteiger partial charge in [0.25, 0.3) is 0 Å². The summed E-state index contributed by atoms with van der Waals surface area (Å²) in [4.78, 5) is 35.8. The van der Waals surface area contributed by atoms with Crippen LogP contribution in [0.5, 0.6) is 0 Å². The van der Waals surface area contributed by atoms with Crippen LogP contribution in [0.4, 0.5) is 5.82 Å². The lowest BCUT2D eigenvalue weighted by atomic mass is 9.93. The fraction of sp³-hybridized carbons (Fsp3) is 0.625. The summed E-state index contributed by atoms with van der Waals surface area (Å²) in [6.45, 7) is 5.46. The van der Waals surface area contributed by atoms with Crippen LogP contribution in [0.1, 0.15) is 26.5 Å². The van der Waals surface area contributed by atoms with Crippen LogP contribution in [-0.4, -0.2) is 30.3 Å². The number of anilines is 1. The van der Waals surface area contributed by atoms with Crippen molar-refractivity contribution in [2.75, 3.05) is 5.32 Å². The molecule has 0 spiro atoms. The van der Waals surface area contributed by atoms with Gasteiger partial charge >= 0.3 is 15.2 Å². The Bertz CT molecular complexity index is 516. The number of hydrogen-bond acceptors (Lipinski definition) is 5. The maximum atomic E-state index is 11.1. The summed E-state index contributed by atoms with van der Waals surface area (Å²) in [5, 5.41) is 5.50.